The van der Waals surface area contributed by atoms with Gasteiger partial charge in [-0.2, -0.15) is 0 Å². The first kappa shape index (κ1) is 40.6. The summed E-state index contributed by atoms with van der Waals surface area (Å²) < 4.78 is 7.27. The lowest BCUT2D eigenvalue weighted by Crippen LogP contribution is -2.32. The molecule has 0 unspecified atom stereocenters. The van der Waals surface area contributed by atoms with Gasteiger partial charge >= 0.3 is 0 Å². The molecule has 0 N–H and O–H groups in total. The Morgan fingerprint density at radius 2 is 0.694 bits per heavy atom. The number of nitrogens with zero attached hydrogens (tertiary/aromatic N) is 1. The number of benzene rings is 12. The Labute approximate surface area is 419 Å². The molecule has 12 aromatic carbocycles. The van der Waals surface area contributed by atoms with E-state index >= 15 is 0 Å². The Kier molecular flexibility index (Phi) is 8.82. The van der Waals surface area contributed by atoms with Crippen molar-refractivity contribution >= 4 is 38.6 Å². The molecule has 12 aromatic rings. The quantitative estimate of drug-likeness (QED) is 0.165. The fourth-order valence-corrected chi connectivity index (χ4v) is 13.0. The van der Waals surface area contributed by atoms with Gasteiger partial charge in [-0.25, -0.2) is 0 Å². The first-order chi connectivity index (χ1) is 35.7. The Morgan fingerprint density at radius 3 is 1.32 bits per heavy atom. The first-order valence-electron chi connectivity index (χ1n) is 25.0. The van der Waals surface area contributed by atoms with Crippen LogP contribution in [0.2, 0.25) is 0 Å². The summed E-state index contributed by atoms with van der Waals surface area (Å²) in [7, 11) is 0. The van der Waals surface area contributed by atoms with Crippen molar-refractivity contribution in [2.24, 2.45) is 0 Å². The summed E-state index contributed by atoms with van der Waals surface area (Å²) in [5, 5.41) is 4.54. The summed E-state index contributed by atoms with van der Waals surface area (Å²) in [6.07, 6.45) is 0. The topological polar surface area (TPSA) is 12.5 Å². The Bertz CT molecular complexity index is 4000. The van der Waals surface area contributed by atoms with Gasteiger partial charge in [0.1, 0.15) is 11.5 Å². The molecule has 2 nitrogen and oxygen atoms in total. The molecule has 0 radical (unpaired) electrons. The molecular formula is C70H45NO. The Hall–Kier alpha value is -9.24. The second-order valence-corrected chi connectivity index (χ2v) is 19.5. The van der Waals surface area contributed by atoms with Crippen LogP contribution in [0.15, 0.2) is 273 Å². The molecule has 72 heavy (non-hydrogen) atoms. The van der Waals surface area contributed by atoms with Gasteiger partial charge in [0.25, 0.3) is 0 Å². The van der Waals surface area contributed by atoms with Gasteiger partial charge in [0.15, 0.2) is 0 Å². The van der Waals surface area contributed by atoms with Crippen molar-refractivity contribution in [2.75, 3.05) is 4.90 Å². The number of anilines is 3. The summed E-state index contributed by atoms with van der Waals surface area (Å²) in [4.78, 5) is 2.47. The highest BCUT2D eigenvalue weighted by Crippen LogP contribution is 2.65. The molecule has 15 rings (SSSR count). The van der Waals surface area contributed by atoms with Gasteiger partial charge in [-0.3, -0.25) is 0 Å². The standard InChI is InChI=1S/C70H45NO/c1-4-18-46(19-5-1)47-32-36-52(37-33-47)71(54-38-40-59-57-28-14-16-30-61(57)69(66(59)45-54,50-22-6-2-7-23-50)51-24-8-3-9-25-51)53-39-43-63-60(44-53)58-29-15-17-31-62(58)70(63)64-41-34-48-20-10-12-26-55(48)67(64)72-68-56-27-13-11-21-49(56)35-42-65(68)70/h1-45H. The highest BCUT2D eigenvalue weighted by atomic mass is 16.5. The monoisotopic (exact) mass is 915 g/mol. The molecule has 0 saturated carbocycles. The van der Waals surface area contributed by atoms with Gasteiger partial charge in [0.05, 0.1) is 10.8 Å². The average Bonchev–Trinajstić information content (AvgIpc) is 3.92. The molecule has 336 valence electrons. The molecule has 2 heteroatoms. The number of hydrogen-bond acceptors (Lipinski definition) is 2. The predicted molar refractivity (Wildman–Crippen MR) is 296 cm³/mol. The Balaban J connectivity index is 0.991. The number of ether oxygens (including phenoxy) is 1. The highest BCUT2D eigenvalue weighted by molar-refractivity contribution is 6.01. The normalized spacial score (nSPS) is 13.9. The van der Waals surface area contributed by atoms with E-state index in [1.807, 2.05) is 0 Å². The van der Waals surface area contributed by atoms with Crippen molar-refractivity contribution in [3.05, 3.63) is 317 Å². The average molecular weight is 916 g/mol. The van der Waals surface area contributed by atoms with Crippen molar-refractivity contribution in [3.8, 4) is 44.9 Å². The van der Waals surface area contributed by atoms with Crippen LogP contribution in [-0.2, 0) is 10.8 Å². The van der Waals surface area contributed by atoms with Crippen molar-refractivity contribution in [3.63, 3.8) is 0 Å². The molecule has 3 aliphatic rings. The van der Waals surface area contributed by atoms with Gasteiger partial charge in [-0.1, -0.05) is 237 Å². The smallest absolute Gasteiger partial charge is 0.140 e. The van der Waals surface area contributed by atoms with E-state index in [1.54, 1.807) is 0 Å². The van der Waals surface area contributed by atoms with Crippen LogP contribution >= 0.6 is 0 Å². The van der Waals surface area contributed by atoms with Crippen LogP contribution < -0.4 is 9.64 Å². The summed E-state index contributed by atoms with van der Waals surface area (Å²) >= 11 is 0. The molecule has 1 spiro atoms. The van der Waals surface area contributed by atoms with E-state index in [0.717, 1.165) is 61.2 Å². The van der Waals surface area contributed by atoms with Crippen LogP contribution in [0.1, 0.15) is 44.5 Å². The van der Waals surface area contributed by atoms with Gasteiger partial charge in [-0.15, -0.1) is 0 Å². The summed E-state index contributed by atoms with van der Waals surface area (Å²) in [5.41, 5.74) is 19.3. The summed E-state index contributed by atoms with van der Waals surface area (Å²) in [5.74, 6) is 1.84. The van der Waals surface area contributed by atoms with Crippen molar-refractivity contribution in [1.29, 1.82) is 0 Å². The lowest BCUT2D eigenvalue weighted by molar-refractivity contribution is 0.447. The second kappa shape index (κ2) is 15.6. The van der Waals surface area contributed by atoms with E-state index in [-0.39, 0.29) is 0 Å². The zero-order valence-electron chi connectivity index (χ0n) is 39.3. The van der Waals surface area contributed by atoms with Crippen molar-refractivity contribution < 1.29 is 4.74 Å². The lowest BCUT2D eigenvalue weighted by atomic mass is 9.65. The minimum Gasteiger partial charge on any atom is -0.455 e. The summed E-state index contributed by atoms with van der Waals surface area (Å²) in [6.45, 7) is 0. The fourth-order valence-electron chi connectivity index (χ4n) is 13.0. The minimum atomic E-state index is -0.645. The van der Waals surface area contributed by atoms with Crippen LogP contribution in [0.25, 0.3) is 54.9 Å². The molecule has 1 aliphatic heterocycles. The zero-order valence-corrected chi connectivity index (χ0v) is 39.3. The lowest BCUT2D eigenvalue weighted by Gasteiger charge is -2.40. The zero-order chi connectivity index (χ0) is 47.4. The van der Waals surface area contributed by atoms with Crippen LogP contribution in [0.3, 0.4) is 0 Å². The molecule has 1 heterocycles. The minimum absolute atomic E-state index is 0.547. The second-order valence-electron chi connectivity index (χ2n) is 19.5. The third-order valence-electron chi connectivity index (χ3n) is 16.0. The Morgan fingerprint density at radius 1 is 0.264 bits per heavy atom. The van der Waals surface area contributed by atoms with Crippen LogP contribution in [0.5, 0.6) is 11.5 Å². The molecular weight excluding hydrogens is 871 g/mol. The van der Waals surface area contributed by atoms with Crippen LogP contribution in [-0.4, -0.2) is 0 Å². The van der Waals surface area contributed by atoms with Gasteiger partial charge < -0.3 is 9.64 Å². The third-order valence-corrected chi connectivity index (χ3v) is 16.0. The first-order valence-corrected chi connectivity index (χ1v) is 25.0. The molecule has 0 fully saturated rings. The summed E-state index contributed by atoms with van der Waals surface area (Å²) in [6, 6.07) is 101. The van der Waals surface area contributed by atoms with Crippen LogP contribution in [0.4, 0.5) is 17.1 Å². The molecule has 0 saturated heterocycles. The van der Waals surface area contributed by atoms with E-state index in [9.17, 15) is 0 Å². The predicted octanol–water partition coefficient (Wildman–Crippen LogP) is 18.0. The number of hydrogen-bond donors (Lipinski definition) is 0. The third kappa shape index (κ3) is 5.60. The highest BCUT2D eigenvalue weighted by Gasteiger charge is 2.52. The van der Waals surface area contributed by atoms with Gasteiger partial charge in [-0.05, 0) is 114 Å². The SMILES string of the molecule is c1ccc(-c2ccc(N(c3ccc4c(c3)-c3ccccc3C43c4ccc5ccccc5c4Oc4c3ccc3ccccc43)c3ccc4c(c3)C(c3ccccc3)(c3ccccc3)c3ccccc3-4)cc2)cc1. The van der Waals surface area contributed by atoms with E-state index < -0.39 is 10.8 Å². The van der Waals surface area contributed by atoms with Crippen molar-refractivity contribution in [2.45, 2.75) is 10.8 Å². The number of fused-ring (bicyclic) bond motifs is 16. The van der Waals surface area contributed by atoms with Crippen LogP contribution in [0, 0.1) is 0 Å². The van der Waals surface area contributed by atoms with Gasteiger partial charge in [0.2, 0.25) is 0 Å². The molecule has 2 aliphatic carbocycles. The van der Waals surface area contributed by atoms with Crippen molar-refractivity contribution in [1.82, 2.24) is 0 Å². The molecule has 0 amide bonds. The maximum Gasteiger partial charge on any atom is 0.140 e. The molecule has 0 aromatic heterocycles. The molecule has 0 bridgehead atoms. The maximum absolute atomic E-state index is 7.27. The van der Waals surface area contributed by atoms with E-state index in [0.29, 0.717) is 0 Å². The number of rotatable bonds is 6. The fraction of sp³-hybridized carbons (Fsp3) is 0.0286. The molecule has 0 atom stereocenters. The van der Waals surface area contributed by atoms with Gasteiger partial charge in [0, 0.05) is 39.0 Å². The van der Waals surface area contributed by atoms with E-state index in [2.05, 4.69) is 278 Å². The van der Waals surface area contributed by atoms with E-state index in [4.69, 9.17) is 4.74 Å². The maximum atomic E-state index is 7.27. The largest absolute Gasteiger partial charge is 0.455 e. The van der Waals surface area contributed by atoms with E-state index in [1.165, 1.54) is 66.8 Å².